The SMILES string of the molecule is O=C(C(NS(=O)(=O)c1cccc2nsnc12)c1ccccc1)N1CC(=O)N(CCc2ccccc2)C(=O)C1. The van der Waals surface area contributed by atoms with Gasteiger partial charge in [0.15, 0.2) is 0 Å². The molecule has 5 rings (SSSR count). The molecule has 3 amide bonds. The molecule has 0 bridgehead atoms. The maximum Gasteiger partial charge on any atom is 0.248 e. The third-order valence-corrected chi connectivity index (χ3v) is 8.22. The molecule has 0 aliphatic carbocycles. The average Bonchev–Trinajstić information content (AvgIpc) is 3.41. The van der Waals surface area contributed by atoms with Gasteiger partial charge in [-0.3, -0.25) is 19.3 Å². The van der Waals surface area contributed by atoms with Crippen LogP contribution in [0.15, 0.2) is 83.8 Å². The lowest BCUT2D eigenvalue weighted by molar-refractivity contribution is -0.157. The number of nitrogens with one attached hydrogen (secondary N) is 1. The summed E-state index contributed by atoms with van der Waals surface area (Å²) in [4.78, 5) is 41.5. The Morgan fingerprint density at radius 1 is 0.895 bits per heavy atom. The van der Waals surface area contributed by atoms with Gasteiger partial charge in [0.2, 0.25) is 27.7 Å². The van der Waals surface area contributed by atoms with Crippen LogP contribution in [0.4, 0.5) is 0 Å². The first-order valence-electron chi connectivity index (χ1n) is 11.8. The molecule has 0 saturated carbocycles. The monoisotopic (exact) mass is 549 g/mol. The molecule has 38 heavy (non-hydrogen) atoms. The number of amides is 3. The lowest BCUT2D eigenvalue weighted by atomic mass is 10.1. The van der Waals surface area contributed by atoms with Gasteiger partial charge < -0.3 is 4.90 Å². The third kappa shape index (κ3) is 5.32. The lowest BCUT2D eigenvalue weighted by Crippen LogP contribution is -2.57. The number of carbonyl (C=O) groups excluding carboxylic acids is 3. The molecule has 3 aromatic carbocycles. The Morgan fingerprint density at radius 2 is 1.55 bits per heavy atom. The Kier molecular flexibility index (Phi) is 7.27. The van der Waals surface area contributed by atoms with Crippen molar-refractivity contribution in [2.45, 2.75) is 17.4 Å². The Labute approximate surface area is 223 Å². The van der Waals surface area contributed by atoms with E-state index in [1.54, 1.807) is 42.5 Å². The number of imide groups is 1. The maximum absolute atomic E-state index is 13.6. The van der Waals surface area contributed by atoms with Crippen molar-refractivity contribution < 1.29 is 22.8 Å². The fourth-order valence-electron chi connectivity index (χ4n) is 4.29. The van der Waals surface area contributed by atoms with Gasteiger partial charge in [-0.1, -0.05) is 66.7 Å². The molecule has 0 spiro atoms. The van der Waals surface area contributed by atoms with Crippen LogP contribution in [0.25, 0.3) is 11.0 Å². The summed E-state index contributed by atoms with van der Waals surface area (Å²) in [5.41, 5.74) is 1.97. The molecule has 1 N–H and O–H groups in total. The Hall–Kier alpha value is -4.00. The smallest absolute Gasteiger partial charge is 0.248 e. The number of aromatic nitrogens is 2. The fourth-order valence-corrected chi connectivity index (χ4v) is 6.23. The topological polar surface area (TPSA) is 130 Å². The fraction of sp³-hybridized carbons (Fsp3) is 0.192. The van der Waals surface area contributed by atoms with E-state index in [1.165, 1.54) is 6.07 Å². The van der Waals surface area contributed by atoms with Gasteiger partial charge in [0.1, 0.15) is 35.1 Å². The first-order valence-corrected chi connectivity index (χ1v) is 14.0. The van der Waals surface area contributed by atoms with Gasteiger partial charge in [-0.15, -0.1) is 0 Å². The first kappa shape index (κ1) is 25.6. The van der Waals surface area contributed by atoms with Gasteiger partial charge in [-0.25, -0.2) is 8.42 Å². The van der Waals surface area contributed by atoms with E-state index in [1.807, 2.05) is 30.3 Å². The summed E-state index contributed by atoms with van der Waals surface area (Å²) in [6.45, 7) is -0.476. The van der Waals surface area contributed by atoms with Crippen molar-refractivity contribution in [1.29, 1.82) is 0 Å². The van der Waals surface area contributed by atoms with Gasteiger partial charge in [0.25, 0.3) is 0 Å². The molecule has 1 aliphatic rings. The number of nitrogens with zero attached hydrogens (tertiary/aromatic N) is 4. The molecule has 2 heterocycles. The number of rotatable bonds is 8. The van der Waals surface area contributed by atoms with E-state index in [9.17, 15) is 22.8 Å². The minimum Gasteiger partial charge on any atom is -0.322 e. The quantitative estimate of drug-likeness (QED) is 0.333. The minimum absolute atomic E-state index is 0.115. The zero-order valence-electron chi connectivity index (χ0n) is 20.1. The average molecular weight is 550 g/mol. The highest BCUT2D eigenvalue weighted by molar-refractivity contribution is 7.89. The van der Waals surface area contributed by atoms with Crippen molar-refractivity contribution in [3.8, 4) is 0 Å². The van der Waals surface area contributed by atoms with Crippen LogP contribution in [0.1, 0.15) is 17.2 Å². The van der Waals surface area contributed by atoms with Crippen molar-refractivity contribution >= 4 is 50.5 Å². The van der Waals surface area contributed by atoms with Crippen LogP contribution in [0.3, 0.4) is 0 Å². The summed E-state index contributed by atoms with van der Waals surface area (Å²) in [7, 11) is -4.24. The molecule has 1 aromatic heterocycles. The molecule has 1 unspecified atom stereocenters. The highest BCUT2D eigenvalue weighted by Gasteiger charge is 2.38. The van der Waals surface area contributed by atoms with Crippen LogP contribution in [0, 0.1) is 0 Å². The van der Waals surface area contributed by atoms with Gasteiger partial charge in [0.05, 0.1) is 11.7 Å². The number of sulfonamides is 1. The van der Waals surface area contributed by atoms with Gasteiger partial charge >= 0.3 is 0 Å². The molecule has 0 radical (unpaired) electrons. The Bertz CT molecular complexity index is 1570. The van der Waals surface area contributed by atoms with Gasteiger partial charge in [-0.05, 0) is 29.7 Å². The van der Waals surface area contributed by atoms with Crippen LogP contribution < -0.4 is 4.72 Å². The Balaban J connectivity index is 1.37. The predicted octanol–water partition coefficient (Wildman–Crippen LogP) is 2.15. The van der Waals surface area contributed by atoms with E-state index in [4.69, 9.17) is 0 Å². The van der Waals surface area contributed by atoms with E-state index < -0.39 is 33.8 Å². The summed E-state index contributed by atoms with van der Waals surface area (Å²) in [6.07, 6.45) is 0.496. The summed E-state index contributed by atoms with van der Waals surface area (Å²) in [6, 6.07) is 21.0. The number of hydrogen-bond acceptors (Lipinski definition) is 8. The van der Waals surface area contributed by atoms with Crippen LogP contribution in [0.5, 0.6) is 0 Å². The Morgan fingerprint density at radius 3 is 2.24 bits per heavy atom. The first-order chi connectivity index (χ1) is 18.3. The zero-order valence-corrected chi connectivity index (χ0v) is 21.7. The second-order valence-electron chi connectivity index (χ2n) is 8.72. The lowest BCUT2D eigenvalue weighted by Gasteiger charge is -2.34. The second kappa shape index (κ2) is 10.8. The second-order valence-corrected chi connectivity index (χ2v) is 10.9. The maximum atomic E-state index is 13.6. The van der Waals surface area contributed by atoms with E-state index >= 15 is 0 Å². The predicted molar refractivity (Wildman–Crippen MR) is 140 cm³/mol. The minimum atomic E-state index is -4.24. The summed E-state index contributed by atoms with van der Waals surface area (Å²) >= 11 is 0.884. The molecule has 1 fully saturated rings. The van der Waals surface area contributed by atoms with Crippen LogP contribution in [-0.2, 0) is 30.8 Å². The van der Waals surface area contributed by atoms with Crippen molar-refractivity contribution in [2.24, 2.45) is 0 Å². The highest BCUT2D eigenvalue weighted by atomic mass is 32.2. The van der Waals surface area contributed by atoms with Crippen molar-refractivity contribution in [2.75, 3.05) is 19.6 Å². The van der Waals surface area contributed by atoms with E-state index in [2.05, 4.69) is 13.5 Å². The van der Waals surface area contributed by atoms with Crippen molar-refractivity contribution in [1.82, 2.24) is 23.3 Å². The molecule has 1 saturated heterocycles. The van der Waals surface area contributed by atoms with Gasteiger partial charge in [-0.2, -0.15) is 13.5 Å². The number of piperazine rings is 1. The molecule has 194 valence electrons. The van der Waals surface area contributed by atoms with Gasteiger partial charge in [0, 0.05) is 6.54 Å². The number of benzene rings is 3. The summed E-state index contributed by atoms with van der Waals surface area (Å²) in [5, 5.41) is 0. The van der Waals surface area contributed by atoms with E-state index in [-0.39, 0.29) is 30.0 Å². The van der Waals surface area contributed by atoms with E-state index in [0.717, 1.165) is 27.1 Å². The van der Waals surface area contributed by atoms with Crippen molar-refractivity contribution in [3.05, 3.63) is 90.0 Å². The van der Waals surface area contributed by atoms with E-state index in [0.29, 0.717) is 17.5 Å². The van der Waals surface area contributed by atoms with Crippen molar-refractivity contribution in [3.63, 3.8) is 0 Å². The third-order valence-electron chi connectivity index (χ3n) is 6.22. The molecular formula is C26H23N5O5S2. The molecule has 10 nitrogen and oxygen atoms in total. The van der Waals surface area contributed by atoms with Crippen LogP contribution in [-0.4, -0.2) is 64.3 Å². The summed E-state index contributed by atoms with van der Waals surface area (Å²) in [5.74, 6) is -1.73. The zero-order chi connectivity index (χ0) is 26.7. The standard InChI is InChI=1S/C26H23N5O5S2/c32-22-16-30(17-23(33)31(22)15-14-18-8-3-1-4-9-18)26(34)24(19-10-5-2-6-11-19)29-38(35,36)21-13-7-12-20-25(21)28-37-27-20/h1-13,24,29H,14-17H2. The van der Waals surface area contributed by atoms with Crippen LogP contribution in [0.2, 0.25) is 0 Å². The molecule has 1 aliphatic heterocycles. The molecular weight excluding hydrogens is 526 g/mol. The molecule has 12 heteroatoms. The number of carbonyl (C=O) groups is 3. The molecule has 4 aromatic rings. The van der Waals surface area contributed by atoms with Crippen LogP contribution >= 0.6 is 11.7 Å². The largest absolute Gasteiger partial charge is 0.322 e. The normalized spacial score (nSPS) is 15.2. The summed E-state index contributed by atoms with van der Waals surface area (Å²) < 4.78 is 37.5. The number of hydrogen-bond donors (Lipinski definition) is 1. The molecule has 1 atom stereocenters. The number of fused-ring (bicyclic) bond motifs is 1. The highest BCUT2D eigenvalue weighted by Crippen LogP contribution is 2.25.